The number of carbonyl (C=O) groups excluding carboxylic acids is 2. The minimum Gasteiger partial charge on any atom is -0.493 e. The van der Waals surface area contributed by atoms with Crippen LogP contribution in [0.5, 0.6) is 11.5 Å². The van der Waals surface area contributed by atoms with Crippen molar-refractivity contribution in [3.8, 4) is 11.5 Å². The summed E-state index contributed by atoms with van der Waals surface area (Å²) in [5, 5.41) is 3.76. The number of hydrogen-bond donors (Lipinski definition) is 1. The van der Waals surface area contributed by atoms with Gasteiger partial charge in [0.25, 0.3) is 0 Å². The molecule has 0 spiro atoms. The fourth-order valence-electron chi connectivity index (χ4n) is 2.26. The lowest BCUT2D eigenvalue weighted by molar-refractivity contribution is -0.137. The summed E-state index contributed by atoms with van der Waals surface area (Å²) in [6, 6.07) is 9.16. The minimum atomic E-state index is -4.47. The third kappa shape index (κ3) is 6.11. The van der Waals surface area contributed by atoms with Gasteiger partial charge in [0.15, 0.2) is 11.5 Å². The second-order valence-corrected chi connectivity index (χ2v) is 5.67. The molecule has 0 atom stereocenters. The molecule has 0 unspecified atom stereocenters. The normalized spacial score (nSPS) is 11.3. The van der Waals surface area contributed by atoms with Gasteiger partial charge in [-0.15, -0.1) is 0 Å². The minimum absolute atomic E-state index is 0.218. The van der Waals surface area contributed by atoms with Crippen LogP contribution in [-0.2, 0) is 22.2 Å². The van der Waals surface area contributed by atoms with Crippen molar-refractivity contribution in [2.24, 2.45) is 5.10 Å². The van der Waals surface area contributed by atoms with Gasteiger partial charge in [-0.05, 0) is 35.4 Å². The van der Waals surface area contributed by atoms with Crippen LogP contribution in [0.1, 0.15) is 23.6 Å². The van der Waals surface area contributed by atoms with Crippen molar-refractivity contribution in [2.75, 3.05) is 7.11 Å². The van der Waals surface area contributed by atoms with Gasteiger partial charge in [-0.25, -0.2) is 5.43 Å². The van der Waals surface area contributed by atoms with Crippen molar-refractivity contribution in [1.29, 1.82) is 0 Å². The molecule has 0 fully saturated rings. The van der Waals surface area contributed by atoms with Crippen molar-refractivity contribution < 1.29 is 32.2 Å². The molecule has 0 aliphatic heterocycles. The summed E-state index contributed by atoms with van der Waals surface area (Å²) in [4.78, 5) is 22.9. The standard InChI is InChI=1S/C19H17F3N2O4/c1-12(25)28-16-7-6-14(9-17(16)27-2)11-23-24-18(26)10-13-4-3-5-15(8-13)19(20,21)22/h3-9,11H,10H2,1-2H3,(H,24,26)/b23-11-. The number of amides is 1. The van der Waals surface area contributed by atoms with Crippen molar-refractivity contribution in [3.63, 3.8) is 0 Å². The third-order valence-electron chi connectivity index (χ3n) is 3.46. The fraction of sp³-hybridized carbons (Fsp3) is 0.211. The van der Waals surface area contributed by atoms with Crippen LogP contribution in [0, 0.1) is 0 Å². The Kier molecular flexibility index (Phi) is 6.75. The van der Waals surface area contributed by atoms with Gasteiger partial charge < -0.3 is 9.47 Å². The largest absolute Gasteiger partial charge is 0.493 e. The number of rotatable bonds is 6. The number of ether oxygens (including phenoxy) is 2. The van der Waals surface area contributed by atoms with Gasteiger partial charge in [0.2, 0.25) is 5.91 Å². The summed E-state index contributed by atoms with van der Waals surface area (Å²) >= 11 is 0. The van der Waals surface area contributed by atoms with E-state index in [4.69, 9.17) is 9.47 Å². The average Bonchev–Trinajstić information content (AvgIpc) is 2.62. The number of methoxy groups -OCH3 is 1. The molecule has 0 aliphatic rings. The van der Waals surface area contributed by atoms with E-state index >= 15 is 0 Å². The van der Waals surface area contributed by atoms with Crippen LogP contribution in [-0.4, -0.2) is 25.2 Å². The highest BCUT2D eigenvalue weighted by Crippen LogP contribution is 2.29. The first-order chi connectivity index (χ1) is 13.2. The van der Waals surface area contributed by atoms with E-state index < -0.39 is 23.6 Å². The maximum Gasteiger partial charge on any atom is 0.416 e. The van der Waals surface area contributed by atoms with E-state index in [1.165, 1.54) is 38.4 Å². The predicted molar refractivity (Wildman–Crippen MR) is 95.2 cm³/mol. The molecule has 0 saturated carbocycles. The van der Waals surface area contributed by atoms with E-state index in [1.54, 1.807) is 12.1 Å². The smallest absolute Gasteiger partial charge is 0.416 e. The summed E-state index contributed by atoms with van der Waals surface area (Å²) < 4.78 is 48.2. The Morgan fingerprint density at radius 2 is 1.89 bits per heavy atom. The van der Waals surface area contributed by atoms with E-state index in [-0.39, 0.29) is 17.7 Å². The quantitative estimate of drug-likeness (QED) is 0.353. The lowest BCUT2D eigenvalue weighted by Crippen LogP contribution is -2.20. The molecule has 0 aromatic heterocycles. The van der Waals surface area contributed by atoms with Gasteiger partial charge >= 0.3 is 12.1 Å². The topological polar surface area (TPSA) is 77.0 Å². The zero-order chi connectivity index (χ0) is 20.7. The number of hydrazone groups is 1. The zero-order valence-electron chi connectivity index (χ0n) is 15.0. The van der Waals surface area contributed by atoms with E-state index in [0.29, 0.717) is 11.3 Å². The number of nitrogens with one attached hydrogen (secondary N) is 1. The molecule has 0 aliphatic carbocycles. The first kappa shape index (κ1) is 20.9. The average molecular weight is 394 g/mol. The van der Waals surface area contributed by atoms with Gasteiger partial charge in [0, 0.05) is 6.92 Å². The first-order valence-corrected chi connectivity index (χ1v) is 8.03. The molecule has 0 heterocycles. The maximum atomic E-state index is 12.7. The molecule has 2 aromatic carbocycles. The molecule has 9 heteroatoms. The first-order valence-electron chi connectivity index (χ1n) is 8.03. The summed E-state index contributed by atoms with van der Waals surface area (Å²) in [5.74, 6) is -0.532. The van der Waals surface area contributed by atoms with E-state index in [9.17, 15) is 22.8 Å². The number of alkyl halides is 3. The summed E-state index contributed by atoms with van der Waals surface area (Å²) in [5.41, 5.74) is 2.19. The second-order valence-electron chi connectivity index (χ2n) is 5.67. The van der Waals surface area contributed by atoms with E-state index in [2.05, 4.69) is 10.5 Å². The van der Waals surface area contributed by atoms with Crippen LogP contribution < -0.4 is 14.9 Å². The van der Waals surface area contributed by atoms with Crippen LogP contribution in [0.3, 0.4) is 0 Å². The van der Waals surface area contributed by atoms with E-state index in [1.807, 2.05) is 0 Å². The number of halogens is 3. The highest BCUT2D eigenvalue weighted by Gasteiger charge is 2.30. The summed E-state index contributed by atoms with van der Waals surface area (Å²) in [7, 11) is 1.40. The van der Waals surface area contributed by atoms with Gasteiger partial charge in [-0.2, -0.15) is 18.3 Å². The Bertz CT molecular complexity index is 895. The predicted octanol–water partition coefficient (Wildman–Crippen LogP) is 3.33. The van der Waals surface area contributed by atoms with Crippen molar-refractivity contribution in [1.82, 2.24) is 5.43 Å². The highest BCUT2D eigenvalue weighted by atomic mass is 19.4. The molecule has 2 rings (SSSR count). The van der Waals surface area contributed by atoms with Crippen LogP contribution in [0.25, 0.3) is 0 Å². The monoisotopic (exact) mass is 394 g/mol. The SMILES string of the molecule is COc1cc(/C=N\NC(=O)Cc2cccc(C(F)(F)F)c2)ccc1OC(C)=O. The molecule has 1 amide bonds. The number of carbonyl (C=O) groups is 2. The molecule has 6 nitrogen and oxygen atoms in total. The van der Waals surface area contributed by atoms with Crippen LogP contribution in [0.4, 0.5) is 13.2 Å². The number of esters is 1. The van der Waals surface area contributed by atoms with Gasteiger partial charge in [0.05, 0.1) is 25.3 Å². The molecule has 0 saturated heterocycles. The Hall–Kier alpha value is -3.36. The van der Waals surface area contributed by atoms with Crippen LogP contribution in [0.2, 0.25) is 0 Å². The fourth-order valence-corrected chi connectivity index (χ4v) is 2.26. The summed E-state index contributed by atoms with van der Waals surface area (Å²) in [6.45, 7) is 1.26. The second kappa shape index (κ2) is 9.03. The lowest BCUT2D eigenvalue weighted by Gasteiger charge is -2.08. The molecular formula is C19H17F3N2O4. The lowest BCUT2D eigenvalue weighted by atomic mass is 10.1. The molecule has 148 valence electrons. The molecule has 28 heavy (non-hydrogen) atoms. The van der Waals surface area contributed by atoms with Crippen molar-refractivity contribution >= 4 is 18.1 Å². The highest BCUT2D eigenvalue weighted by molar-refractivity contribution is 5.84. The zero-order valence-corrected chi connectivity index (χ0v) is 15.0. The maximum absolute atomic E-state index is 12.7. The molecular weight excluding hydrogens is 377 g/mol. The van der Waals surface area contributed by atoms with Crippen LogP contribution >= 0.6 is 0 Å². The van der Waals surface area contributed by atoms with Gasteiger partial charge in [0.1, 0.15) is 0 Å². The Balaban J connectivity index is 1.99. The van der Waals surface area contributed by atoms with Crippen molar-refractivity contribution in [2.45, 2.75) is 19.5 Å². The Morgan fingerprint density at radius 3 is 2.54 bits per heavy atom. The third-order valence-corrected chi connectivity index (χ3v) is 3.46. The molecule has 0 bridgehead atoms. The number of nitrogens with zero attached hydrogens (tertiary/aromatic N) is 1. The molecule has 0 radical (unpaired) electrons. The van der Waals surface area contributed by atoms with Gasteiger partial charge in [-0.1, -0.05) is 18.2 Å². The van der Waals surface area contributed by atoms with Crippen molar-refractivity contribution in [3.05, 3.63) is 59.2 Å². The Morgan fingerprint density at radius 1 is 1.14 bits per heavy atom. The number of benzene rings is 2. The van der Waals surface area contributed by atoms with Gasteiger partial charge in [-0.3, -0.25) is 9.59 Å². The summed E-state index contributed by atoms with van der Waals surface area (Å²) in [6.07, 6.45) is -3.40. The van der Waals surface area contributed by atoms with Crippen LogP contribution in [0.15, 0.2) is 47.6 Å². The number of hydrogen-bond acceptors (Lipinski definition) is 5. The van der Waals surface area contributed by atoms with E-state index in [0.717, 1.165) is 12.1 Å². The Labute approximate surface area is 159 Å². The molecule has 1 N–H and O–H groups in total. The molecule has 2 aromatic rings.